The van der Waals surface area contributed by atoms with E-state index in [0.717, 1.165) is 24.8 Å². The monoisotopic (exact) mass is 525 g/mol. The zero-order valence-electron chi connectivity index (χ0n) is 23.2. The zero-order valence-corrected chi connectivity index (χ0v) is 23.2. The van der Waals surface area contributed by atoms with Gasteiger partial charge >= 0.3 is 0 Å². The second-order valence-corrected chi connectivity index (χ2v) is 11.4. The fraction of sp³-hybridized carbons (Fsp3) is 0.655. The van der Waals surface area contributed by atoms with E-state index in [-0.39, 0.29) is 48.2 Å². The largest absolute Gasteiger partial charge is 0.347 e. The normalized spacial score (nSPS) is 26.2. The fourth-order valence-corrected chi connectivity index (χ4v) is 6.04. The van der Waals surface area contributed by atoms with Crippen LogP contribution in [0.15, 0.2) is 24.3 Å². The van der Waals surface area contributed by atoms with Gasteiger partial charge < -0.3 is 25.8 Å². The summed E-state index contributed by atoms with van der Waals surface area (Å²) in [5, 5.41) is 9.02. The molecule has 3 N–H and O–H groups in total. The van der Waals surface area contributed by atoms with Crippen molar-refractivity contribution < 1.29 is 19.2 Å². The molecule has 9 nitrogen and oxygen atoms in total. The molecule has 4 amide bonds. The Labute approximate surface area is 226 Å². The van der Waals surface area contributed by atoms with Crippen LogP contribution in [0.4, 0.5) is 0 Å². The Morgan fingerprint density at radius 1 is 1.00 bits per heavy atom. The van der Waals surface area contributed by atoms with Crippen LogP contribution < -0.4 is 16.0 Å². The summed E-state index contributed by atoms with van der Waals surface area (Å²) in [7, 11) is 1.68. The highest BCUT2D eigenvalue weighted by Gasteiger charge is 2.46. The minimum atomic E-state index is -0.902. The van der Waals surface area contributed by atoms with Gasteiger partial charge in [0.1, 0.15) is 12.1 Å². The van der Waals surface area contributed by atoms with Gasteiger partial charge in [-0.3, -0.25) is 19.2 Å². The lowest BCUT2D eigenvalue weighted by molar-refractivity contribution is -0.147. The molecule has 2 heterocycles. The summed E-state index contributed by atoms with van der Waals surface area (Å²) in [4.78, 5) is 56.9. The van der Waals surface area contributed by atoms with Crippen molar-refractivity contribution in [3.63, 3.8) is 0 Å². The molecule has 5 atom stereocenters. The predicted octanol–water partition coefficient (Wildman–Crippen LogP) is 1.91. The fourth-order valence-electron chi connectivity index (χ4n) is 6.04. The summed E-state index contributed by atoms with van der Waals surface area (Å²) < 4.78 is 0. The molecular weight excluding hydrogens is 482 g/mol. The number of carbonyl (C=O) groups is 4. The molecule has 1 unspecified atom stereocenters. The molecule has 0 saturated carbocycles. The first kappa shape index (κ1) is 28.1. The van der Waals surface area contributed by atoms with Gasteiger partial charge in [-0.25, -0.2) is 0 Å². The second kappa shape index (κ2) is 12.3. The summed E-state index contributed by atoms with van der Waals surface area (Å²) in [6, 6.07) is 6.04. The van der Waals surface area contributed by atoms with E-state index in [1.165, 1.54) is 5.56 Å². The van der Waals surface area contributed by atoms with Crippen molar-refractivity contribution in [2.75, 3.05) is 20.1 Å². The molecule has 2 saturated heterocycles. The van der Waals surface area contributed by atoms with E-state index in [2.05, 4.69) is 28.1 Å². The van der Waals surface area contributed by atoms with E-state index in [4.69, 9.17) is 0 Å². The number of likely N-dealkylation sites (N-methyl/N-ethyl adjacent to an activating group) is 1. The predicted molar refractivity (Wildman–Crippen MR) is 145 cm³/mol. The smallest absolute Gasteiger partial charge is 0.247 e. The van der Waals surface area contributed by atoms with Crippen LogP contribution in [0.5, 0.6) is 0 Å². The summed E-state index contributed by atoms with van der Waals surface area (Å²) in [6.07, 6.45) is 5.19. The maximum atomic E-state index is 14.0. The summed E-state index contributed by atoms with van der Waals surface area (Å²) in [5.41, 5.74) is 2.43. The number of hydrogen-bond acceptors (Lipinski definition) is 5. The Balaban J connectivity index is 1.54. The number of nitrogens with one attached hydrogen (secondary N) is 3. The molecule has 2 fully saturated rings. The molecule has 1 aromatic rings. The lowest BCUT2D eigenvalue weighted by Gasteiger charge is -2.39. The van der Waals surface area contributed by atoms with Crippen molar-refractivity contribution in [3.05, 3.63) is 35.4 Å². The Hall–Kier alpha value is -2.94. The molecule has 0 spiro atoms. The molecule has 9 heteroatoms. The highest BCUT2D eigenvalue weighted by molar-refractivity contribution is 5.94. The first-order valence-corrected chi connectivity index (χ1v) is 14.1. The van der Waals surface area contributed by atoms with Gasteiger partial charge in [-0.2, -0.15) is 0 Å². The number of aryl methyl sites for hydroxylation is 1. The van der Waals surface area contributed by atoms with Gasteiger partial charge in [0.25, 0.3) is 0 Å². The lowest BCUT2D eigenvalue weighted by Crippen LogP contribution is -2.62. The van der Waals surface area contributed by atoms with E-state index in [0.29, 0.717) is 32.2 Å². The SMILES string of the molecule is CN[C@@H](C)C(=O)N[C@H]1CN(C(=O)CC(C)C)CC[C@H]2CC[C@@H](C(=O)NC3CCCc4ccccc43)N2C1=O. The zero-order chi connectivity index (χ0) is 27.4. The number of hydrogen-bond donors (Lipinski definition) is 3. The van der Waals surface area contributed by atoms with Crippen molar-refractivity contribution in [1.82, 2.24) is 25.8 Å². The summed E-state index contributed by atoms with van der Waals surface area (Å²) in [5.74, 6) is -0.537. The van der Waals surface area contributed by atoms with Gasteiger partial charge in [0.15, 0.2) is 0 Å². The first-order chi connectivity index (χ1) is 18.2. The Morgan fingerprint density at radius 3 is 2.50 bits per heavy atom. The average Bonchev–Trinajstić information content (AvgIpc) is 3.31. The third-order valence-electron chi connectivity index (χ3n) is 8.26. The van der Waals surface area contributed by atoms with Crippen LogP contribution in [-0.2, 0) is 25.6 Å². The molecule has 1 aromatic carbocycles. The molecule has 0 aromatic heterocycles. The Bertz CT molecular complexity index is 1040. The molecule has 4 rings (SSSR count). The lowest BCUT2D eigenvalue weighted by atomic mass is 9.87. The van der Waals surface area contributed by atoms with E-state index in [9.17, 15) is 19.2 Å². The number of nitrogens with zero attached hydrogens (tertiary/aromatic N) is 2. The maximum Gasteiger partial charge on any atom is 0.247 e. The molecule has 0 bridgehead atoms. The summed E-state index contributed by atoms with van der Waals surface area (Å²) in [6.45, 7) is 6.32. The Kier molecular flexibility index (Phi) is 9.07. The molecular formula is C29H43N5O4. The van der Waals surface area contributed by atoms with E-state index >= 15 is 0 Å². The molecule has 2 aliphatic heterocycles. The topological polar surface area (TPSA) is 111 Å². The van der Waals surface area contributed by atoms with Crippen LogP contribution in [0.3, 0.4) is 0 Å². The van der Waals surface area contributed by atoms with Gasteiger partial charge in [0.2, 0.25) is 23.6 Å². The van der Waals surface area contributed by atoms with E-state index < -0.39 is 18.1 Å². The van der Waals surface area contributed by atoms with Crippen LogP contribution in [-0.4, -0.2) is 77.7 Å². The molecule has 0 radical (unpaired) electrons. The van der Waals surface area contributed by atoms with Crippen LogP contribution >= 0.6 is 0 Å². The first-order valence-electron chi connectivity index (χ1n) is 14.1. The molecule has 38 heavy (non-hydrogen) atoms. The number of amides is 4. The van der Waals surface area contributed by atoms with Crippen molar-refractivity contribution in [3.8, 4) is 0 Å². The number of fused-ring (bicyclic) bond motifs is 2. The van der Waals surface area contributed by atoms with Gasteiger partial charge in [-0.1, -0.05) is 38.1 Å². The van der Waals surface area contributed by atoms with Crippen LogP contribution in [0, 0.1) is 5.92 Å². The van der Waals surface area contributed by atoms with Gasteiger partial charge in [0, 0.05) is 25.6 Å². The molecule has 3 aliphatic rings. The minimum Gasteiger partial charge on any atom is -0.347 e. The van der Waals surface area contributed by atoms with E-state index in [1.54, 1.807) is 23.8 Å². The average molecular weight is 526 g/mol. The summed E-state index contributed by atoms with van der Waals surface area (Å²) >= 11 is 0. The van der Waals surface area contributed by atoms with Crippen molar-refractivity contribution >= 4 is 23.6 Å². The van der Waals surface area contributed by atoms with Crippen molar-refractivity contribution in [2.45, 2.75) is 95.9 Å². The second-order valence-electron chi connectivity index (χ2n) is 11.4. The van der Waals surface area contributed by atoms with Gasteiger partial charge in [0.05, 0.1) is 12.1 Å². The number of benzene rings is 1. The van der Waals surface area contributed by atoms with Gasteiger partial charge in [-0.15, -0.1) is 0 Å². The van der Waals surface area contributed by atoms with Crippen LogP contribution in [0.2, 0.25) is 0 Å². The molecule has 208 valence electrons. The van der Waals surface area contributed by atoms with Gasteiger partial charge in [-0.05, 0) is 69.5 Å². The third kappa shape index (κ3) is 6.20. The highest BCUT2D eigenvalue weighted by atomic mass is 16.2. The standard InChI is InChI=1S/C29H43N5O4/c1-18(2)16-26(35)33-15-14-21-12-13-25(34(21)29(38)24(17-33)32-27(36)19(3)30-4)28(37)31-23-11-7-9-20-8-5-6-10-22(20)23/h5-6,8,10,18-19,21,23-25,30H,7,9,11-17H2,1-4H3,(H,31,37)(H,32,36)/t19-,21+,23?,24-,25-/m0/s1. The highest BCUT2D eigenvalue weighted by Crippen LogP contribution is 2.33. The number of rotatable bonds is 7. The van der Waals surface area contributed by atoms with E-state index in [1.807, 2.05) is 26.0 Å². The van der Waals surface area contributed by atoms with Crippen molar-refractivity contribution in [1.29, 1.82) is 0 Å². The quantitative estimate of drug-likeness (QED) is 0.504. The van der Waals surface area contributed by atoms with Crippen LogP contribution in [0.25, 0.3) is 0 Å². The maximum absolute atomic E-state index is 14.0. The minimum absolute atomic E-state index is 0.00887. The Morgan fingerprint density at radius 2 is 1.76 bits per heavy atom. The van der Waals surface area contributed by atoms with Crippen LogP contribution in [0.1, 0.15) is 76.5 Å². The number of carbonyl (C=O) groups excluding carboxylic acids is 4. The molecule has 1 aliphatic carbocycles. The van der Waals surface area contributed by atoms with Crippen molar-refractivity contribution in [2.24, 2.45) is 5.92 Å². The third-order valence-corrected chi connectivity index (χ3v) is 8.26.